The number of ether oxygens (including phenoxy) is 3. The Morgan fingerprint density at radius 2 is 1.62 bits per heavy atom. The van der Waals surface area contributed by atoms with Gasteiger partial charge in [-0.3, -0.25) is 14.7 Å². The first-order valence-electron chi connectivity index (χ1n) is 12.6. The third-order valence-corrected chi connectivity index (χ3v) is 6.90. The van der Waals surface area contributed by atoms with Gasteiger partial charge in [0.2, 0.25) is 0 Å². The molecule has 1 N–H and O–H groups in total. The molecule has 0 bridgehead atoms. The second kappa shape index (κ2) is 12.1. The number of methoxy groups -OCH3 is 2. The lowest BCUT2D eigenvalue weighted by Gasteiger charge is -2.39. The highest BCUT2D eigenvalue weighted by Gasteiger charge is 2.39. The molecule has 1 saturated heterocycles. The van der Waals surface area contributed by atoms with Crippen LogP contribution in [0.15, 0.2) is 59.8 Å². The van der Waals surface area contributed by atoms with Crippen molar-refractivity contribution in [1.82, 2.24) is 20.0 Å². The summed E-state index contributed by atoms with van der Waals surface area (Å²) in [6.45, 7) is 6.83. The number of urea groups is 1. The number of benzene rings is 2. The van der Waals surface area contributed by atoms with E-state index in [2.05, 4.69) is 39.4 Å². The van der Waals surface area contributed by atoms with Crippen LogP contribution in [0.5, 0.6) is 11.5 Å². The molecule has 2 aromatic rings. The fourth-order valence-corrected chi connectivity index (χ4v) is 4.93. The summed E-state index contributed by atoms with van der Waals surface area (Å²) >= 11 is 0. The van der Waals surface area contributed by atoms with E-state index < -0.39 is 12.0 Å². The smallest absolute Gasteiger partial charge is 0.338 e. The predicted molar refractivity (Wildman–Crippen MR) is 140 cm³/mol. The summed E-state index contributed by atoms with van der Waals surface area (Å²) in [7, 11) is 4.79. The number of esters is 1. The molecule has 9 nitrogen and oxygen atoms in total. The maximum Gasteiger partial charge on any atom is 0.338 e. The van der Waals surface area contributed by atoms with Crippen LogP contribution in [0.25, 0.3) is 0 Å². The average molecular weight is 509 g/mol. The number of piperazine rings is 1. The molecule has 0 aliphatic carbocycles. The fraction of sp³-hybridized carbons (Fsp3) is 0.429. The van der Waals surface area contributed by atoms with Gasteiger partial charge in [-0.15, -0.1) is 0 Å². The molecule has 9 heteroatoms. The number of nitrogens with zero attached hydrogens (tertiary/aromatic N) is 3. The lowest BCUT2D eigenvalue weighted by atomic mass is 9.93. The maximum atomic E-state index is 13.3. The molecule has 0 aromatic heterocycles. The van der Waals surface area contributed by atoms with E-state index in [1.54, 1.807) is 34.3 Å². The molecule has 2 aliphatic heterocycles. The summed E-state index contributed by atoms with van der Waals surface area (Å²) in [6, 6.07) is 14.8. The number of carbonyl (C=O) groups is 2. The van der Waals surface area contributed by atoms with Gasteiger partial charge in [0.25, 0.3) is 0 Å². The second-order valence-electron chi connectivity index (χ2n) is 9.14. The van der Waals surface area contributed by atoms with Crippen molar-refractivity contribution in [2.24, 2.45) is 0 Å². The van der Waals surface area contributed by atoms with E-state index >= 15 is 0 Å². The largest absolute Gasteiger partial charge is 0.493 e. The monoisotopic (exact) mass is 508 g/mol. The van der Waals surface area contributed by atoms with Gasteiger partial charge < -0.3 is 19.5 Å². The van der Waals surface area contributed by atoms with Crippen LogP contribution < -0.4 is 14.8 Å². The van der Waals surface area contributed by atoms with Crippen molar-refractivity contribution in [3.8, 4) is 11.5 Å². The summed E-state index contributed by atoms with van der Waals surface area (Å²) in [5.74, 6) is 0.532. The number of rotatable bonds is 9. The van der Waals surface area contributed by atoms with Gasteiger partial charge in [0.05, 0.1) is 32.4 Å². The van der Waals surface area contributed by atoms with Crippen LogP contribution in [0.2, 0.25) is 0 Å². The van der Waals surface area contributed by atoms with E-state index in [0.29, 0.717) is 34.9 Å². The van der Waals surface area contributed by atoms with Gasteiger partial charge in [-0.05, 0) is 18.6 Å². The molecule has 0 unspecified atom stereocenters. The molecule has 0 radical (unpaired) electrons. The number of amides is 2. The predicted octanol–water partition coefficient (Wildman–Crippen LogP) is 3.03. The Labute approximate surface area is 218 Å². The molecule has 0 spiro atoms. The molecule has 198 valence electrons. The van der Waals surface area contributed by atoms with Crippen LogP contribution in [0, 0.1) is 0 Å². The van der Waals surface area contributed by atoms with E-state index in [1.165, 1.54) is 10.5 Å². The summed E-state index contributed by atoms with van der Waals surface area (Å²) in [5, 5.41) is 2.97. The average Bonchev–Trinajstić information content (AvgIpc) is 2.92. The molecule has 2 aromatic carbocycles. The number of likely N-dealkylation sites (N-methyl/N-ethyl adjacent to an activating group) is 1. The highest BCUT2D eigenvalue weighted by Crippen LogP contribution is 2.40. The van der Waals surface area contributed by atoms with Crippen LogP contribution in [-0.2, 0) is 16.1 Å². The first-order valence-corrected chi connectivity index (χ1v) is 12.6. The van der Waals surface area contributed by atoms with Gasteiger partial charge in [0.15, 0.2) is 11.5 Å². The molecule has 2 heterocycles. The summed E-state index contributed by atoms with van der Waals surface area (Å²) in [4.78, 5) is 32.7. The molecule has 4 rings (SSSR count). The van der Waals surface area contributed by atoms with E-state index in [1.807, 2.05) is 18.2 Å². The number of nitrogens with one attached hydrogen (secondary N) is 1. The van der Waals surface area contributed by atoms with E-state index in [-0.39, 0.29) is 12.6 Å². The van der Waals surface area contributed by atoms with Crippen molar-refractivity contribution in [2.45, 2.75) is 19.5 Å². The zero-order valence-electron chi connectivity index (χ0n) is 22.0. The Kier molecular flexibility index (Phi) is 8.68. The molecule has 37 heavy (non-hydrogen) atoms. The number of hydrogen-bond acceptors (Lipinski definition) is 7. The first-order chi connectivity index (χ1) is 18.0. The molecular formula is C28H36N4O5. The molecular weight excluding hydrogens is 472 g/mol. The van der Waals surface area contributed by atoms with Crippen LogP contribution >= 0.6 is 0 Å². The topological polar surface area (TPSA) is 83.6 Å². The van der Waals surface area contributed by atoms with Crippen molar-refractivity contribution < 1.29 is 23.8 Å². The van der Waals surface area contributed by atoms with E-state index in [9.17, 15) is 9.59 Å². The minimum atomic E-state index is -0.734. The van der Waals surface area contributed by atoms with Crippen molar-refractivity contribution in [2.75, 3.05) is 60.6 Å². The minimum Gasteiger partial charge on any atom is -0.493 e. The standard InChI is InChI=1S/C28H36N4O5/c1-5-37-27(33)24-22(19-32-16-14-31(15-17-32)18-20-10-7-6-8-11-20)30(2)28(34)29-25(24)21-12-9-13-23(35-3)26(21)36-4/h6-13,25H,5,14-19H2,1-4H3,(H,29,34)/t25-/m0/s1. The number of hydrogen-bond donors (Lipinski definition) is 1. The van der Waals surface area contributed by atoms with Gasteiger partial charge in [-0.1, -0.05) is 42.5 Å². The Morgan fingerprint density at radius 3 is 2.24 bits per heavy atom. The first kappa shape index (κ1) is 26.5. The van der Waals surface area contributed by atoms with Gasteiger partial charge in [0, 0.05) is 57.6 Å². The Bertz CT molecular complexity index is 1130. The normalized spacial score (nSPS) is 19.0. The lowest BCUT2D eigenvalue weighted by molar-refractivity contribution is -0.139. The van der Waals surface area contributed by atoms with Crippen molar-refractivity contribution in [1.29, 1.82) is 0 Å². The summed E-state index contributed by atoms with van der Waals surface area (Å²) < 4.78 is 16.6. The minimum absolute atomic E-state index is 0.230. The number of para-hydroxylation sites is 1. The fourth-order valence-electron chi connectivity index (χ4n) is 4.93. The third-order valence-electron chi connectivity index (χ3n) is 6.90. The van der Waals surface area contributed by atoms with Crippen LogP contribution in [0.3, 0.4) is 0 Å². The molecule has 0 saturated carbocycles. The summed E-state index contributed by atoms with van der Waals surface area (Å²) in [6.07, 6.45) is 0. The Hall–Kier alpha value is -3.56. The van der Waals surface area contributed by atoms with E-state index in [4.69, 9.17) is 14.2 Å². The Balaban J connectivity index is 1.62. The quantitative estimate of drug-likeness (QED) is 0.522. The third kappa shape index (κ3) is 5.89. The molecule has 1 atom stereocenters. The van der Waals surface area contributed by atoms with Gasteiger partial charge >= 0.3 is 12.0 Å². The second-order valence-corrected chi connectivity index (χ2v) is 9.14. The zero-order valence-corrected chi connectivity index (χ0v) is 22.0. The summed E-state index contributed by atoms with van der Waals surface area (Å²) in [5.41, 5.74) is 2.97. The van der Waals surface area contributed by atoms with Crippen molar-refractivity contribution >= 4 is 12.0 Å². The number of carbonyl (C=O) groups excluding carboxylic acids is 2. The Morgan fingerprint density at radius 1 is 0.946 bits per heavy atom. The van der Waals surface area contributed by atoms with Crippen LogP contribution in [0.1, 0.15) is 24.1 Å². The maximum absolute atomic E-state index is 13.3. The zero-order chi connectivity index (χ0) is 26.4. The highest BCUT2D eigenvalue weighted by atomic mass is 16.5. The van der Waals surface area contributed by atoms with Gasteiger partial charge in [-0.2, -0.15) is 0 Å². The van der Waals surface area contributed by atoms with Gasteiger partial charge in [0.1, 0.15) is 0 Å². The highest BCUT2D eigenvalue weighted by molar-refractivity contribution is 5.95. The SMILES string of the molecule is CCOC(=O)C1=C(CN2CCN(Cc3ccccc3)CC2)N(C)C(=O)N[C@H]1c1cccc(OC)c1OC. The lowest BCUT2D eigenvalue weighted by Crippen LogP contribution is -2.52. The van der Waals surface area contributed by atoms with E-state index in [0.717, 1.165) is 32.7 Å². The van der Waals surface area contributed by atoms with Gasteiger partial charge in [-0.25, -0.2) is 9.59 Å². The molecule has 1 fully saturated rings. The molecule has 2 amide bonds. The van der Waals surface area contributed by atoms with Crippen LogP contribution in [-0.4, -0.2) is 87.3 Å². The van der Waals surface area contributed by atoms with Crippen molar-refractivity contribution in [3.05, 3.63) is 70.9 Å². The van der Waals surface area contributed by atoms with Crippen LogP contribution in [0.4, 0.5) is 4.79 Å². The molecule has 2 aliphatic rings. The van der Waals surface area contributed by atoms with Crippen molar-refractivity contribution in [3.63, 3.8) is 0 Å².